The summed E-state index contributed by atoms with van der Waals surface area (Å²) in [6.45, 7) is 7.99. The van der Waals surface area contributed by atoms with Crippen LogP contribution in [0.25, 0.3) is 5.78 Å². The van der Waals surface area contributed by atoms with E-state index in [1.54, 1.807) is 4.52 Å². The van der Waals surface area contributed by atoms with Crippen LogP contribution in [0.4, 0.5) is 5.69 Å². The van der Waals surface area contributed by atoms with E-state index in [2.05, 4.69) is 26.4 Å². The number of aromatic nitrogens is 4. The highest BCUT2D eigenvalue weighted by atomic mass is 35.5. The van der Waals surface area contributed by atoms with Crippen LogP contribution in [0, 0.1) is 27.7 Å². The largest absolute Gasteiger partial charge is 0.325 e. The van der Waals surface area contributed by atoms with Gasteiger partial charge in [0, 0.05) is 28.5 Å². The Balaban J connectivity index is 1.50. The third-order valence-corrected chi connectivity index (χ3v) is 6.40. The smallest absolute Gasteiger partial charge is 0.253 e. The molecule has 1 N–H and O–H groups in total. The van der Waals surface area contributed by atoms with Crippen LogP contribution in [0.1, 0.15) is 33.6 Å². The molecular formula is C24H24ClN5OS. The molecule has 0 unspecified atom stereocenters. The molecule has 2 heterocycles. The van der Waals surface area contributed by atoms with Crippen molar-refractivity contribution in [3.63, 3.8) is 0 Å². The molecule has 2 aromatic heterocycles. The van der Waals surface area contributed by atoms with E-state index in [1.165, 1.54) is 11.8 Å². The van der Waals surface area contributed by atoms with Crippen molar-refractivity contribution in [2.24, 2.45) is 0 Å². The molecular weight excluding hydrogens is 442 g/mol. The van der Waals surface area contributed by atoms with Gasteiger partial charge in [-0.25, -0.2) is 9.50 Å². The van der Waals surface area contributed by atoms with Gasteiger partial charge in [-0.1, -0.05) is 47.6 Å². The Bertz CT molecular complexity index is 1300. The number of nitrogens with one attached hydrogen (secondary N) is 1. The Hall–Kier alpha value is -2.90. The van der Waals surface area contributed by atoms with Crippen LogP contribution in [-0.2, 0) is 11.2 Å². The quantitative estimate of drug-likeness (QED) is 0.389. The van der Waals surface area contributed by atoms with E-state index in [4.69, 9.17) is 11.6 Å². The lowest BCUT2D eigenvalue weighted by molar-refractivity contribution is -0.113. The van der Waals surface area contributed by atoms with E-state index in [1.807, 2.05) is 64.1 Å². The summed E-state index contributed by atoms with van der Waals surface area (Å²) < 4.78 is 1.74. The van der Waals surface area contributed by atoms with Gasteiger partial charge < -0.3 is 5.32 Å². The van der Waals surface area contributed by atoms with Gasteiger partial charge in [-0.2, -0.15) is 4.98 Å². The van der Waals surface area contributed by atoms with Gasteiger partial charge in [-0.3, -0.25) is 4.79 Å². The maximum absolute atomic E-state index is 12.4. The molecule has 4 aromatic rings. The fraction of sp³-hybridized carbons (Fsp3) is 0.250. The highest BCUT2D eigenvalue weighted by Crippen LogP contribution is 2.24. The molecule has 0 saturated heterocycles. The van der Waals surface area contributed by atoms with Crippen LogP contribution in [0.15, 0.2) is 47.6 Å². The summed E-state index contributed by atoms with van der Waals surface area (Å²) in [5, 5.41) is 8.77. The average Bonchev–Trinajstić information content (AvgIpc) is 3.13. The molecule has 0 spiro atoms. The van der Waals surface area contributed by atoms with Gasteiger partial charge in [0.15, 0.2) is 0 Å². The van der Waals surface area contributed by atoms with Crippen molar-refractivity contribution < 1.29 is 4.79 Å². The Morgan fingerprint density at radius 2 is 1.78 bits per heavy atom. The van der Waals surface area contributed by atoms with Gasteiger partial charge >= 0.3 is 0 Å². The standard InChI is InChI=1S/C24H24ClN5OS/c1-14-9-15(2)11-19(10-14)27-22(31)13-32-24-28-23-26-16(3)20(17(4)30(23)29-24)12-18-7-5-6-8-21(18)25/h5-11H,12-13H2,1-4H3,(H,27,31). The second-order valence-electron chi connectivity index (χ2n) is 7.85. The normalized spacial score (nSPS) is 11.2. The van der Waals surface area contributed by atoms with E-state index in [-0.39, 0.29) is 11.7 Å². The number of rotatable bonds is 6. The summed E-state index contributed by atoms with van der Waals surface area (Å²) in [5.74, 6) is 0.647. The Kier molecular flexibility index (Phi) is 6.48. The molecule has 164 valence electrons. The molecule has 6 nitrogen and oxygen atoms in total. The Labute approximate surface area is 196 Å². The molecule has 0 aliphatic rings. The van der Waals surface area contributed by atoms with Crippen LogP contribution >= 0.6 is 23.4 Å². The summed E-state index contributed by atoms with van der Waals surface area (Å²) in [4.78, 5) is 21.5. The number of halogens is 1. The van der Waals surface area contributed by atoms with Crippen LogP contribution in [0.3, 0.4) is 0 Å². The summed E-state index contributed by atoms with van der Waals surface area (Å²) in [7, 11) is 0. The molecule has 0 aliphatic carbocycles. The number of aryl methyl sites for hydroxylation is 4. The minimum absolute atomic E-state index is 0.0980. The van der Waals surface area contributed by atoms with E-state index in [9.17, 15) is 4.79 Å². The van der Waals surface area contributed by atoms with E-state index in [0.29, 0.717) is 17.4 Å². The van der Waals surface area contributed by atoms with Gasteiger partial charge in [-0.15, -0.1) is 5.10 Å². The molecule has 0 atom stereocenters. The van der Waals surface area contributed by atoms with Crippen molar-refractivity contribution in [1.29, 1.82) is 0 Å². The summed E-state index contributed by atoms with van der Waals surface area (Å²) in [6, 6.07) is 13.8. The molecule has 0 fully saturated rings. The van der Waals surface area contributed by atoms with Gasteiger partial charge in [0.1, 0.15) is 0 Å². The minimum atomic E-state index is -0.0980. The third kappa shape index (κ3) is 4.95. The summed E-state index contributed by atoms with van der Waals surface area (Å²) >= 11 is 7.64. The molecule has 4 rings (SSSR count). The first-order valence-electron chi connectivity index (χ1n) is 10.3. The lowest BCUT2D eigenvalue weighted by atomic mass is 10.0. The Morgan fingerprint density at radius 3 is 2.50 bits per heavy atom. The first-order valence-corrected chi connectivity index (χ1v) is 11.6. The number of nitrogens with zero attached hydrogens (tertiary/aromatic N) is 4. The molecule has 32 heavy (non-hydrogen) atoms. The molecule has 0 aliphatic heterocycles. The summed E-state index contributed by atoms with van der Waals surface area (Å²) in [6.07, 6.45) is 0.668. The number of carbonyl (C=O) groups excluding carboxylic acids is 1. The lowest BCUT2D eigenvalue weighted by Crippen LogP contribution is -2.14. The highest BCUT2D eigenvalue weighted by molar-refractivity contribution is 7.99. The monoisotopic (exact) mass is 465 g/mol. The molecule has 0 saturated carbocycles. The topological polar surface area (TPSA) is 72.2 Å². The van der Waals surface area contributed by atoms with Gasteiger partial charge in [-0.05, 0) is 68.1 Å². The summed E-state index contributed by atoms with van der Waals surface area (Å²) in [5.41, 5.74) is 6.99. The number of hydrogen-bond donors (Lipinski definition) is 1. The number of amides is 1. The van der Waals surface area contributed by atoms with Crippen molar-refractivity contribution in [2.45, 2.75) is 39.3 Å². The van der Waals surface area contributed by atoms with Crippen LogP contribution in [0.5, 0.6) is 0 Å². The predicted octanol–water partition coefficient (Wildman–Crippen LogP) is 5.33. The SMILES string of the molecule is Cc1cc(C)cc(NC(=O)CSc2nc3nc(C)c(Cc4ccccc4Cl)c(C)n3n2)c1. The predicted molar refractivity (Wildman–Crippen MR) is 130 cm³/mol. The van der Waals surface area contributed by atoms with Crippen LogP contribution in [0.2, 0.25) is 5.02 Å². The zero-order valence-corrected chi connectivity index (χ0v) is 20.0. The lowest BCUT2D eigenvalue weighted by Gasteiger charge is -2.11. The molecule has 0 bridgehead atoms. The second kappa shape index (κ2) is 9.30. The molecule has 0 radical (unpaired) electrons. The van der Waals surface area contributed by atoms with Crippen molar-refractivity contribution in [2.75, 3.05) is 11.1 Å². The van der Waals surface area contributed by atoms with Crippen molar-refractivity contribution >= 4 is 40.7 Å². The van der Waals surface area contributed by atoms with Crippen molar-refractivity contribution in [1.82, 2.24) is 19.6 Å². The fourth-order valence-electron chi connectivity index (χ4n) is 3.71. The fourth-order valence-corrected chi connectivity index (χ4v) is 4.53. The number of fused-ring (bicyclic) bond motifs is 1. The number of thioether (sulfide) groups is 1. The van der Waals surface area contributed by atoms with Crippen molar-refractivity contribution in [3.05, 3.63) is 81.1 Å². The highest BCUT2D eigenvalue weighted by Gasteiger charge is 2.16. The number of carbonyl (C=O) groups is 1. The zero-order valence-electron chi connectivity index (χ0n) is 18.4. The number of benzene rings is 2. The van der Waals surface area contributed by atoms with E-state index in [0.717, 1.165) is 44.4 Å². The maximum Gasteiger partial charge on any atom is 0.253 e. The second-order valence-corrected chi connectivity index (χ2v) is 9.20. The molecule has 1 amide bonds. The molecule has 8 heteroatoms. The minimum Gasteiger partial charge on any atom is -0.325 e. The number of anilines is 1. The van der Waals surface area contributed by atoms with E-state index < -0.39 is 0 Å². The molecule has 2 aromatic carbocycles. The number of hydrogen-bond acceptors (Lipinski definition) is 5. The van der Waals surface area contributed by atoms with Gasteiger partial charge in [0.2, 0.25) is 11.1 Å². The average molecular weight is 466 g/mol. The van der Waals surface area contributed by atoms with E-state index >= 15 is 0 Å². The zero-order chi connectivity index (χ0) is 22.8. The first kappa shape index (κ1) is 22.3. The Morgan fingerprint density at radius 1 is 1.06 bits per heavy atom. The van der Waals surface area contributed by atoms with Crippen LogP contribution in [-0.4, -0.2) is 31.2 Å². The van der Waals surface area contributed by atoms with Crippen LogP contribution < -0.4 is 5.32 Å². The maximum atomic E-state index is 12.4. The van der Waals surface area contributed by atoms with Crippen molar-refractivity contribution in [3.8, 4) is 0 Å². The van der Waals surface area contributed by atoms with Gasteiger partial charge in [0.25, 0.3) is 5.78 Å². The van der Waals surface area contributed by atoms with Gasteiger partial charge in [0.05, 0.1) is 5.75 Å². The third-order valence-electron chi connectivity index (χ3n) is 5.19. The first-order chi connectivity index (χ1) is 15.3.